The Morgan fingerprint density at radius 2 is 2.05 bits per heavy atom. The van der Waals surface area contributed by atoms with E-state index < -0.39 is 0 Å². The molecule has 5 heteroatoms. The molecule has 5 nitrogen and oxygen atoms in total. The highest BCUT2D eigenvalue weighted by Gasteiger charge is 2.47. The fourth-order valence-corrected chi connectivity index (χ4v) is 3.08. The summed E-state index contributed by atoms with van der Waals surface area (Å²) in [7, 11) is 1.66. The second-order valence-corrected chi connectivity index (χ2v) is 6.01. The molecule has 2 aliphatic heterocycles. The van der Waals surface area contributed by atoms with Crippen LogP contribution in [0.4, 0.5) is 4.79 Å². The van der Waals surface area contributed by atoms with Gasteiger partial charge in [0, 0.05) is 12.5 Å². The molecule has 1 aromatic rings. The third-order valence-electron chi connectivity index (χ3n) is 4.03. The van der Waals surface area contributed by atoms with E-state index in [2.05, 4.69) is 17.4 Å². The van der Waals surface area contributed by atoms with Gasteiger partial charge >= 0.3 is 6.03 Å². The van der Waals surface area contributed by atoms with Crippen molar-refractivity contribution in [3.05, 3.63) is 29.8 Å². The Balaban J connectivity index is 1.91. The van der Waals surface area contributed by atoms with Crippen LogP contribution in [0.1, 0.15) is 31.7 Å². The number of rotatable bonds is 2. The molecule has 20 heavy (non-hydrogen) atoms. The minimum absolute atomic E-state index is 0.0592. The maximum atomic E-state index is 11.8. The van der Waals surface area contributed by atoms with E-state index in [1.165, 1.54) is 10.6 Å². The minimum Gasteiger partial charge on any atom is -0.497 e. The number of hydrogen-bond acceptors (Lipinski definition) is 3. The first-order chi connectivity index (χ1) is 9.50. The van der Waals surface area contributed by atoms with Crippen LogP contribution in [0.15, 0.2) is 24.3 Å². The maximum Gasteiger partial charge on any atom is 0.341 e. The van der Waals surface area contributed by atoms with Crippen molar-refractivity contribution in [1.82, 2.24) is 10.4 Å². The van der Waals surface area contributed by atoms with Gasteiger partial charge < -0.3 is 10.1 Å². The predicted molar refractivity (Wildman–Crippen MR) is 74.5 cm³/mol. The SMILES string of the molecule is COc1ccc(C2CC(C)(C)ON3C(=O)NCC23)cc1. The van der Waals surface area contributed by atoms with Gasteiger partial charge in [-0.1, -0.05) is 12.1 Å². The van der Waals surface area contributed by atoms with Gasteiger partial charge in [0.15, 0.2) is 0 Å². The third-order valence-corrected chi connectivity index (χ3v) is 4.03. The minimum atomic E-state index is -0.344. The molecule has 0 bridgehead atoms. The van der Waals surface area contributed by atoms with Gasteiger partial charge in [0.05, 0.1) is 18.8 Å². The van der Waals surface area contributed by atoms with Crippen LogP contribution in [0.2, 0.25) is 0 Å². The molecule has 0 aliphatic carbocycles. The molecule has 2 saturated heterocycles. The molecule has 108 valence electrons. The molecule has 1 aromatic carbocycles. The van der Waals surface area contributed by atoms with E-state index in [4.69, 9.17) is 9.57 Å². The van der Waals surface area contributed by atoms with Crippen LogP contribution in [0.5, 0.6) is 5.75 Å². The van der Waals surface area contributed by atoms with Gasteiger partial charge in [0.1, 0.15) is 5.75 Å². The number of carbonyl (C=O) groups excluding carboxylic acids is 1. The van der Waals surface area contributed by atoms with Gasteiger partial charge in [-0.3, -0.25) is 4.84 Å². The highest BCUT2D eigenvalue weighted by molar-refractivity contribution is 5.76. The quantitative estimate of drug-likeness (QED) is 0.901. The first-order valence-electron chi connectivity index (χ1n) is 6.90. The fourth-order valence-electron chi connectivity index (χ4n) is 3.08. The van der Waals surface area contributed by atoms with Crippen molar-refractivity contribution in [3.8, 4) is 5.75 Å². The summed E-state index contributed by atoms with van der Waals surface area (Å²) in [6.07, 6.45) is 0.884. The highest BCUT2D eigenvalue weighted by atomic mass is 16.7. The molecule has 2 unspecified atom stereocenters. The third kappa shape index (κ3) is 2.22. The van der Waals surface area contributed by atoms with Crippen molar-refractivity contribution in [1.29, 1.82) is 0 Å². The lowest BCUT2D eigenvalue weighted by atomic mass is 9.81. The molecule has 0 spiro atoms. The zero-order chi connectivity index (χ0) is 14.3. The largest absolute Gasteiger partial charge is 0.497 e. The first kappa shape index (κ1) is 13.2. The molecule has 0 aromatic heterocycles. The summed E-state index contributed by atoms with van der Waals surface area (Å²) in [6.45, 7) is 4.67. The number of benzene rings is 1. The van der Waals surface area contributed by atoms with Crippen molar-refractivity contribution < 1.29 is 14.4 Å². The number of carbonyl (C=O) groups is 1. The summed E-state index contributed by atoms with van der Waals surface area (Å²) in [6, 6.07) is 8.00. The van der Waals surface area contributed by atoms with Crippen molar-refractivity contribution >= 4 is 6.03 Å². The van der Waals surface area contributed by atoms with Crippen LogP contribution < -0.4 is 10.1 Å². The maximum absolute atomic E-state index is 11.8. The smallest absolute Gasteiger partial charge is 0.341 e. The van der Waals surface area contributed by atoms with Gasteiger partial charge in [-0.25, -0.2) is 4.79 Å². The Morgan fingerprint density at radius 3 is 2.70 bits per heavy atom. The van der Waals surface area contributed by atoms with E-state index in [1.807, 2.05) is 26.0 Å². The number of nitrogens with zero attached hydrogens (tertiary/aromatic N) is 1. The monoisotopic (exact) mass is 276 g/mol. The summed E-state index contributed by atoms with van der Waals surface area (Å²) >= 11 is 0. The van der Waals surface area contributed by atoms with Gasteiger partial charge in [-0.05, 0) is 38.0 Å². The topological polar surface area (TPSA) is 50.8 Å². The Kier molecular flexibility index (Phi) is 3.09. The number of nitrogens with one attached hydrogen (secondary N) is 1. The van der Waals surface area contributed by atoms with Crippen LogP contribution in [0.25, 0.3) is 0 Å². The van der Waals surface area contributed by atoms with E-state index in [9.17, 15) is 4.79 Å². The molecule has 3 rings (SSSR count). The van der Waals surface area contributed by atoms with Crippen molar-refractivity contribution in [2.24, 2.45) is 0 Å². The molecule has 2 atom stereocenters. The number of amides is 2. The lowest BCUT2D eigenvalue weighted by molar-refractivity contribution is -0.244. The van der Waals surface area contributed by atoms with Crippen LogP contribution in [-0.4, -0.2) is 36.4 Å². The molecule has 1 N–H and O–H groups in total. The number of fused-ring (bicyclic) bond motifs is 1. The second kappa shape index (κ2) is 4.66. The predicted octanol–water partition coefficient (Wildman–Crippen LogP) is 2.29. The van der Waals surface area contributed by atoms with E-state index >= 15 is 0 Å². The molecule has 2 aliphatic rings. The van der Waals surface area contributed by atoms with Gasteiger partial charge in [0.2, 0.25) is 0 Å². The fraction of sp³-hybridized carbons (Fsp3) is 0.533. The lowest BCUT2D eigenvalue weighted by Crippen LogP contribution is -2.50. The van der Waals surface area contributed by atoms with E-state index in [0.29, 0.717) is 6.54 Å². The van der Waals surface area contributed by atoms with E-state index in [1.54, 1.807) is 7.11 Å². The molecule has 2 fully saturated rings. The molecule has 0 saturated carbocycles. The van der Waals surface area contributed by atoms with Gasteiger partial charge in [-0.2, -0.15) is 5.06 Å². The van der Waals surface area contributed by atoms with E-state index in [0.717, 1.165) is 12.2 Å². The Morgan fingerprint density at radius 1 is 1.35 bits per heavy atom. The zero-order valence-corrected chi connectivity index (χ0v) is 12.1. The summed E-state index contributed by atoms with van der Waals surface area (Å²) < 4.78 is 5.20. The normalized spacial score (nSPS) is 27.9. The molecular weight excluding hydrogens is 256 g/mol. The lowest BCUT2D eigenvalue weighted by Gasteiger charge is -2.43. The number of hydroxylamine groups is 2. The van der Waals surface area contributed by atoms with Gasteiger partial charge in [0.25, 0.3) is 0 Å². The standard InChI is InChI=1S/C15H20N2O3/c1-15(2)8-12(10-4-6-11(19-3)7-5-10)13-9-16-14(18)17(13)20-15/h4-7,12-13H,8-9H2,1-3H3,(H,16,18). The van der Waals surface area contributed by atoms with Crippen LogP contribution in [0.3, 0.4) is 0 Å². The first-order valence-corrected chi connectivity index (χ1v) is 6.90. The molecule has 2 amide bonds. The zero-order valence-electron chi connectivity index (χ0n) is 12.1. The van der Waals surface area contributed by atoms with E-state index in [-0.39, 0.29) is 23.6 Å². The number of hydrogen-bond donors (Lipinski definition) is 1. The average Bonchev–Trinajstić information content (AvgIpc) is 2.78. The van der Waals surface area contributed by atoms with Crippen LogP contribution in [0, 0.1) is 0 Å². The number of ether oxygens (including phenoxy) is 1. The number of urea groups is 1. The molecular formula is C15H20N2O3. The van der Waals surface area contributed by atoms with Crippen LogP contribution >= 0.6 is 0 Å². The summed E-state index contributed by atoms with van der Waals surface area (Å²) in [5.41, 5.74) is 0.872. The number of methoxy groups -OCH3 is 1. The van der Waals surface area contributed by atoms with Crippen LogP contribution in [-0.2, 0) is 4.84 Å². The highest BCUT2D eigenvalue weighted by Crippen LogP contribution is 2.40. The summed E-state index contributed by atoms with van der Waals surface area (Å²) in [5, 5.41) is 4.37. The Labute approximate surface area is 118 Å². The summed E-state index contributed by atoms with van der Waals surface area (Å²) in [4.78, 5) is 17.6. The Hall–Kier alpha value is -1.75. The molecule has 2 heterocycles. The summed E-state index contributed by atoms with van der Waals surface area (Å²) in [5.74, 6) is 1.11. The van der Waals surface area contributed by atoms with Crippen molar-refractivity contribution in [3.63, 3.8) is 0 Å². The average molecular weight is 276 g/mol. The second-order valence-electron chi connectivity index (χ2n) is 6.01. The van der Waals surface area contributed by atoms with Crippen molar-refractivity contribution in [2.75, 3.05) is 13.7 Å². The molecule has 0 radical (unpaired) electrons. The Bertz CT molecular complexity index is 512. The van der Waals surface area contributed by atoms with Gasteiger partial charge in [-0.15, -0.1) is 0 Å². The van der Waals surface area contributed by atoms with Crippen molar-refractivity contribution in [2.45, 2.75) is 37.8 Å².